The molecule has 0 radical (unpaired) electrons. The lowest BCUT2D eigenvalue weighted by Crippen LogP contribution is -2.47. The van der Waals surface area contributed by atoms with Crippen molar-refractivity contribution < 1.29 is 9.59 Å². The summed E-state index contributed by atoms with van der Waals surface area (Å²) in [5, 5.41) is 2.24. The molecule has 66 valence electrons. The van der Waals surface area contributed by atoms with Gasteiger partial charge in [0.25, 0.3) is 0 Å². The molecule has 0 aromatic rings. The maximum absolute atomic E-state index is 11.1. The molecule has 1 N–H and O–H groups in total. The Bertz CT molecular complexity index is 250. The van der Waals surface area contributed by atoms with Gasteiger partial charge in [-0.3, -0.25) is 15.0 Å². The monoisotopic (exact) mass is 186 g/mol. The van der Waals surface area contributed by atoms with Gasteiger partial charge in [-0.25, -0.2) is 4.79 Å². The van der Waals surface area contributed by atoms with Gasteiger partial charge in [-0.15, -0.1) is 0 Å². The van der Waals surface area contributed by atoms with Gasteiger partial charge < -0.3 is 0 Å². The molecule has 1 unspecified atom stereocenters. The van der Waals surface area contributed by atoms with Gasteiger partial charge in [0.1, 0.15) is 0 Å². The van der Waals surface area contributed by atoms with Gasteiger partial charge in [-0.1, -0.05) is 15.3 Å². The number of nitrogens with zero attached hydrogens (tertiary/aromatic N) is 1. The lowest BCUT2D eigenvalue weighted by molar-refractivity contribution is -0.121. The predicted octanol–water partition coefficient (Wildman–Crippen LogP) is 0.665. The standard InChI is InChI=1S/C7H11N2O2P/c1-2-6(12)9-4-3-5(10)8-7(9)11/h2H,3-4,12H2,1H3,(H,8,10,11)/b6-2-. The molecule has 1 fully saturated rings. The first-order valence-electron chi connectivity index (χ1n) is 3.68. The van der Waals surface area contributed by atoms with Crippen LogP contribution in [0.3, 0.4) is 0 Å². The Morgan fingerprint density at radius 1 is 1.67 bits per heavy atom. The number of hydrogen-bond acceptors (Lipinski definition) is 2. The third kappa shape index (κ3) is 1.83. The van der Waals surface area contributed by atoms with Crippen LogP contribution in [0.5, 0.6) is 0 Å². The molecule has 0 spiro atoms. The second kappa shape index (κ2) is 3.68. The molecule has 12 heavy (non-hydrogen) atoms. The highest BCUT2D eigenvalue weighted by Gasteiger charge is 2.23. The summed E-state index contributed by atoms with van der Waals surface area (Å²) in [6.45, 7) is 2.31. The van der Waals surface area contributed by atoms with Crippen molar-refractivity contribution in [1.29, 1.82) is 0 Å². The largest absolute Gasteiger partial charge is 0.328 e. The Morgan fingerprint density at radius 3 is 2.83 bits per heavy atom. The van der Waals surface area contributed by atoms with Crippen molar-refractivity contribution >= 4 is 21.2 Å². The first kappa shape index (κ1) is 9.20. The fraction of sp³-hybridized carbons (Fsp3) is 0.429. The Hall–Kier alpha value is -0.890. The molecule has 0 aromatic carbocycles. The second-order valence-corrected chi connectivity index (χ2v) is 3.06. The van der Waals surface area contributed by atoms with Crippen molar-refractivity contribution in [3.63, 3.8) is 0 Å². The summed E-state index contributed by atoms with van der Waals surface area (Å²) in [6.07, 6.45) is 2.18. The van der Waals surface area contributed by atoms with Crippen molar-refractivity contribution in [1.82, 2.24) is 10.2 Å². The van der Waals surface area contributed by atoms with Crippen LogP contribution in [0.1, 0.15) is 13.3 Å². The maximum atomic E-state index is 11.1. The lowest BCUT2D eigenvalue weighted by atomic mass is 10.3. The number of imide groups is 1. The molecule has 4 nitrogen and oxygen atoms in total. The summed E-state index contributed by atoms with van der Waals surface area (Å²) >= 11 is 0. The molecule has 1 aliphatic rings. The van der Waals surface area contributed by atoms with Gasteiger partial charge in [0.2, 0.25) is 5.91 Å². The average molecular weight is 186 g/mol. The van der Waals surface area contributed by atoms with Gasteiger partial charge in [0.05, 0.1) is 0 Å². The zero-order valence-corrected chi connectivity index (χ0v) is 7.99. The number of urea groups is 1. The van der Waals surface area contributed by atoms with E-state index >= 15 is 0 Å². The van der Waals surface area contributed by atoms with E-state index < -0.39 is 0 Å². The second-order valence-electron chi connectivity index (χ2n) is 2.47. The van der Waals surface area contributed by atoms with E-state index in [0.29, 0.717) is 13.0 Å². The highest BCUT2D eigenvalue weighted by Crippen LogP contribution is 2.15. The zero-order chi connectivity index (χ0) is 9.14. The molecular formula is C7H11N2O2P. The number of carbonyl (C=O) groups excluding carboxylic acids is 2. The van der Waals surface area contributed by atoms with Crippen LogP contribution in [0.15, 0.2) is 11.5 Å². The van der Waals surface area contributed by atoms with E-state index in [2.05, 4.69) is 14.6 Å². The van der Waals surface area contributed by atoms with Crippen LogP contribution < -0.4 is 5.32 Å². The third-order valence-electron chi connectivity index (χ3n) is 1.66. The van der Waals surface area contributed by atoms with E-state index in [4.69, 9.17) is 0 Å². The highest BCUT2D eigenvalue weighted by molar-refractivity contribution is 7.22. The minimum Gasteiger partial charge on any atom is -0.294 e. The van der Waals surface area contributed by atoms with E-state index in [0.717, 1.165) is 5.44 Å². The molecule has 0 saturated carbocycles. The Kier molecular flexibility index (Phi) is 2.82. The number of rotatable bonds is 1. The normalized spacial score (nSPS) is 19.5. The minimum absolute atomic E-state index is 0.204. The van der Waals surface area contributed by atoms with Crippen LogP contribution in [0, 0.1) is 0 Å². The van der Waals surface area contributed by atoms with E-state index in [1.54, 1.807) is 6.08 Å². The molecule has 1 heterocycles. The fourth-order valence-electron chi connectivity index (χ4n) is 0.966. The molecule has 0 aliphatic carbocycles. The van der Waals surface area contributed by atoms with Crippen molar-refractivity contribution in [3.05, 3.63) is 11.5 Å². The van der Waals surface area contributed by atoms with Crippen LogP contribution >= 0.6 is 9.24 Å². The van der Waals surface area contributed by atoms with Crippen LogP contribution in [0.25, 0.3) is 0 Å². The molecule has 1 rings (SSSR count). The summed E-state index contributed by atoms with van der Waals surface area (Å²) in [5.74, 6) is -0.204. The topological polar surface area (TPSA) is 49.4 Å². The first-order valence-corrected chi connectivity index (χ1v) is 4.26. The summed E-state index contributed by atoms with van der Waals surface area (Å²) in [7, 11) is 2.45. The smallest absolute Gasteiger partial charge is 0.294 e. The number of nitrogens with one attached hydrogen (secondary N) is 1. The van der Waals surface area contributed by atoms with Crippen molar-refractivity contribution in [2.45, 2.75) is 13.3 Å². The Balaban J connectivity index is 2.69. The molecule has 1 aliphatic heterocycles. The fourth-order valence-corrected chi connectivity index (χ4v) is 1.21. The number of hydrogen-bond donors (Lipinski definition) is 1. The Morgan fingerprint density at radius 2 is 2.33 bits per heavy atom. The van der Waals surface area contributed by atoms with Crippen LogP contribution in [-0.2, 0) is 4.79 Å². The lowest BCUT2D eigenvalue weighted by Gasteiger charge is -2.26. The minimum atomic E-state index is -0.339. The number of allylic oxidation sites excluding steroid dienone is 1. The highest BCUT2D eigenvalue weighted by atomic mass is 31.0. The van der Waals surface area contributed by atoms with Crippen LogP contribution in [0.4, 0.5) is 4.79 Å². The van der Waals surface area contributed by atoms with Gasteiger partial charge in [-0.2, -0.15) is 0 Å². The summed E-state index contributed by atoms with van der Waals surface area (Å²) < 4.78 is 0. The molecule has 1 atom stereocenters. The van der Waals surface area contributed by atoms with E-state index in [1.165, 1.54) is 4.90 Å². The zero-order valence-electron chi connectivity index (χ0n) is 6.83. The SMILES string of the molecule is C/C=C(\P)N1CCC(=O)NC1=O. The van der Waals surface area contributed by atoms with Gasteiger partial charge in [0.15, 0.2) is 0 Å². The van der Waals surface area contributed by atoms with E-state index in [9.17, 15) is 9.59 Å². The van der Waals surface area contributed by atoms with Gasteiger partial charge in [-0.05, 0) is 6.92 Å². The van der Waals surface area contributed by atoms with Crippen LogP contribution in [-0.4, -0.2) is 23.4 Å². The van der Waals surface area contributed by atoms with Gasteiger partial charge in [0, 0.05) is 18.4 Å². The summed E-state index contributed by atoms with van der Waals surface area (Å²) in [4.78, 5) is 23.4. The third-order valence-corrected chi connectivity index (χ3v) is 2.31. The van der Waals surface area contributed by atoms with Crippen molar-refractivity contribution in [2.24, 2.45) is 0 Å². The average Bonchev–Trinajstić information content (AvgIpc) is 2.03. The van der Waals surface area contributed by atoms with Crippen LogP contribution in [0.2, 0.25) is 0 Å². The van der Waals surface area contributed by atoms with E-state index in [1.807, 2.05) is 6.92 Å². The van der Waals surface area contributed by atoms with Gasteiger partial charge >= 0.3 is 6.03 Å². The predicted molar refractivity (Wildman–Crippen MR) is 48.3 cm³/mol. The quantitative estimate of drug-likeness (QED) is 0.611. The molecule has 0 bridgehead atoms. The molecule has 1 saturated heterocycles. The van der Waals surface area contributed by atoms with Crippen molar-refractivity contribution in [2.75, 3.05) is 6.54 Å². The van der Waals surface area contributed by atoms with E-state index in [-0.39, 0.29) is 11.9 Å². The van der Waals surface area contributed by atoms with Crippen molar-refractivity contribution in [3.8, 4) is 0 Å². The summed E-state index contributed by atoms with van der Waals surface area (Å²) in [5.41, 5.74) is 0.792. The molecule has 0 aromatic heterocycles. The maximum Gasteiger partial charge on any atom is 0.328 e. The number of amides is 3. The molecule has 5 heteroatoms. The summed E-state index contributed by atoms with van der Waals surface area (Å²) in [6, 6.07) is -0.339. The Labute approximate surface area is 73.2 Å². The first-order chi connectivity index (χ1) is 5.65. The molecular weight excluding hydrogens is 175 g/mol. The number of carbonyl (C=O) groups is 2. The molecule has 3 amide bonds.